The van der Waals surface area contributed by atoms with Crippen LogP contribution in [0, 0.1) is 40.9 Å². The summed E-state index contributed by atoms with van der Waals surface area (Å²) in [5.41, 5.74) is -3.30. The van der Waals surface area contributed by atoms with E-state index in [9.17, 15) is 32.7 Å². The van der Waals surface area contributed by atoms with Crippen LogP contribution in [0.3, 0.4) is 0 Å². The molecule has 0 aliphatic heterocycles. The van der Waals surface area contributed by atoms with E-state index in [1.807, 2.05) is 34.6 Å². The first-order valence-electron chi connectivity index (χ1n) is 15.9. The van der Waals surface area contributed by atoms with E-state index >= 15 is 0 Å². The molecule has 0 amide bonds. The minimum Gasteiger partial charge on any atom is -0.481 e. The Morgan fingerprint density at radius 3 is 1.84 bits per heavy atom. The molecule has 0 heterocycles. The Hall–Kier alpha value is -1.84. The predicted octanol–water partition coefficient (Wildman–Crippen LogP) is 7.97. The fraction of sp³-hybridized carbons (Fsp3) is 0.909. The number of hydrogen-bond donors (Lipinski definition) is 2. The summed E-state index contributed by atoms with van der Waals surface area (Å²) in [7, 11) is 1.42. The van der Waals surface area contributed by atoms with Crippen LogP contribution in [-0.4, -0.2) is 52.6 Å². The lowest BCUT2D eigenvalue weighted by Crippen LogP contribution is -2.43. The number of fused-ring (bicyclic) bond motifs is 2. The summed E-state index contributed by atoms with van der Waals surface area (Å²) in [4.78, 5) is 33.1. The highest BCUT2D eigenvalue weighted by atomic mass is 19.4. The highest BCUT2D eigenvalue weighted by Crippen LogP contribution is 2.58. The van der Waals surface area contributed by atoms with Crippen LogP contribution >= 0.6 is 0 Å². The predicted molar refractivity (Wildman–Crippen MR) is 159 cm³/mol. The van der Waals surface area contributed by atoms with E-state index in [-0.39, 0.29) is 42.5 Å². The number of aliphatic hydroxyl groups is 1. The highest BCUT2D eigenvalue weighted by molar-refractivity contribution is 5.76. The molecule has 0 saturated heterocycles. The third-order valence-corrected chi connectivity index (χ3v) is 10.4. The van der Waals surface area contributed by atoms with Crippen LogP contribution < -0.4 is 0 Å². The molecular weight excluding hydrogens is 565 g/mol. The Balaban J connectivity index is 0.000000351. The Morgan fingerprint density at radius 2 is 1.44 bits per heavy atom. The molecule has 0 aromatic heterocycles. The summed E-state index contributed by atoms with van der Waals surface area (Å²) in [6.07, 6.45) is 3.14. The topological polar surface area (TPSA) is 110 Å². The molecule has 0 aromatic rings. The molecule has 7 nitrogen and oxygen atoms in total. The van der Waals surface area contributed by atoms with E-state index in [0.717, 1.165) is 63.7 Å². The van der Waals surface area contributed by atoms with Crippen LogP contribution in [0.2, 0.25) is 0 Å². The molecule has 3 aliphatic carbocycles. The Morgan fingerprint density at radius 1 is 0.884 bits per heavy atom. The summed E-state index contributed by atoms with van der Waals surface area (Å²) < 4.78 is 47.2. The molecule has 6 unspecified atom stereocenters. The molecule has 3 rings (SSSR count). The number of carbonyl (C=O) groups is 3. The number of halogens is 3. The maximum Gasteiger partial charge on any atom is 0.416 e. The van der Waals surface area contributed by atoms with E-state index in [1.165, 1.54) is 13.5 Å². The van der Waals surface area contributed by atoms with Gasteiger partial charge in [0, 0.05) is 5.92 Å². The van der Waals surface area contributed by atoms with Gasteiger partial charge in [0.1, 0.15) is 5.60 Å². The number of carbonyl (C=O) groups excluding carboxylic acids is 2. The first kappa shape index (κ1) is 39.2. The van der Waals surface area contributed by atoms with Crippen molar-refractivity contribution in [3.63, 3.8) is 0 Å². The Kier molecular flexibility index (Phi) is 14.5. The van der Waals surface area contributed by atoms with Gasteiger partial charge in [-0.3, -0.25) is 14.4 Å². The van der Waals surface area contributed by atoms with Crippen LogP contribution in [0.1, 0.15) is 126 Å². The molecule has 10 heteroatoms. The molecule has 0 radical (unpaired) electrons. The van der Waals surface area contributed by atoms with Crippen LogP contribution in [-0.2, 0) is 23.9 Å². The van der Waals surface area contributed by atoms with Gasteiger partial charge in [0.05, 0.1) is 25.4 Å². The molecule has 0 aromatic carbocycles. The summed E-state index contributed by atoms with van der Waals surface area (Å²) in [5, 5.41) is 17.9. The van der Waals surface area contributed by atoms with Gasteiger partial charge in [-0.25, -0.2) is 0 Å². The minimum atomic E-state index is -4.50. The lowest BCUT2D eigenvalue weighted by Gasteiger charge is -2.41. The van der Waals surface area contributed by atoms with Crippen molar-refractivity contribution in [2.45, 2.75) is 143 Å². The number of alkyl halides is 3. The second kappa shape index (κ2) is 15.9. The smallest absolute Gasteiger partial charge is 0.416 e. The van der Waals surface area contributed by atoms with Crippen molar-refractivity contribution in [3.05, 3.63) is 0 Å². The van der Waals surface area contributed by atoms with Crippen molar-refractivity contribution in [1.82, 2.24) is 0 Å². The Labute approximate surface area is 256 Å². The fourth-order valence-corrected chi connectivity index (χ4v) is 6.86. The molecule has 43 heavy (non-hydrogen) atoms. The number of ether oxygens (including phenoxy) is 2. The average Bonchev–Trinajstić information content (AvgIpc) is 3.47. The minimum absolute atomic E-state index is 0.0362. The summed E-state index contributed by atoms with van der Waals surface area (Å²) in [6, 6.07) is 0. The molecule has 2 bridgehead atoms. The number of carboxylic acid groups (broad SMARTS) is 1. The quantitative estimate of drug-likeness (QED) is 0.251. The molecular formula is C33H57F3O7. The van der Waals surface area contributed by atoms with Crippen LogP contribution in [0.5, 0.6) is 0 Å². The third-order valence-electron chi connectivity index (χ3n) is 10.4. The van der Waals surface area contributed by atoms with E-state index in [1.54, 1.807) is 0 Å². The third kappa shape index (κ3) is 11.5. The molecule has 3 saturated carbocycles. The van der Waals surface area contributed by atoms with Crippen LogP contribution in [0.25, 0.3) is 0 Å². The SMILES string of the molecule is CC(O)(CC1CCCCC1)C(F)(F)F.CC1C2CC(C1C)C(C(C)(C)OC(=O)CCC(=O)O)C2.CCC(C)(C)C(=O)OC. The van der Waals surface area contributed by atoms with Crippen molar-refractivity contribution in [2.24, 2.45) is 40.9 Å². The zero-order valence-electron chi connectivity index (χ0n) is 27.8. The van der Waals surface area contributed by atoms with Gasteiger partial charge < -0.3 is 19.7 Å². The van der Waals surface area contributed by atoms with Crippen molar-refractivity contribution < 1.29 is 47.2 Å². The lowest BCUT2D eigenvalue weighted by atomic mass is 9.70. The lowest BCUT2D eigenvalue weighted by molar-refractivity contribution is -0.259. The van der Waals surface area contributed by atoms with Gasteiger partial charge in [-0.05, 0) is 89.9 Å². The number of methoxy groups -OCH3 is 1. The summed E-state index contributed by atoms with van der Waals surface area (Å²) in [5.74, 6) is 1.83. The van der Waals surface area contributed by atoms with E-state index in [2.05, 4.69) is 18.6 Å². The first-order chi connectivity index (χ1) is 19.6. The van der Waals surface area contributed by atoms with Crippen LogP contribution in [0.4, 0.5) is 13.2 Å². The standard InChI is InChI=1S/C16H26O4.C10H17F3O.C7H14O2/c1-9-10(2)12-7-11(9)8-13(12)16(3,4)20-15(19)6-5-14(17)18;1-9(14,10(11,12)13)7-8-5-3-2-4-6-8;1-5-7(2,3)6(8)9-4/h9-13H,5-8H2,1-4H3,(H,17,18);8,14H,2-7H2,1H3;5H2,1-4H3. The number of carboxylic acids is 1. The molecule has 6 atom stereocenters. The second-order valence-electron chi connectivity index (χ2n) is 14.4. The van der Waals surface area contributed by atoms with Gasteiger partial charge in [-0.15, -0.1) is 0 Å². The number of hydrogen-bond acceptors (Lipinski definition) is 6. The van der Waals surface area contributed by atoms with Gasteiger partial charge in [-0.2, -0.15) is 13.2 Å². The van der Waals surface area contributed by atoms with Gasteiger partial charge >= 0.3 is 24.1 Å². The molecule has 3 aliphatic rings. The summed E-state index contributed by atoms with van der Waals surface area (Å²) >= 11 is 0. The van der Waals surface area contributed by atoms with Gasteiger partial charge in [0.2, 0.25) is 0 Å². The number of aliphatic carboxylic acids is 1. The molecule has 3 fully saturated rings. The fourth-order valence-electron chi connectivity index (χ4n) is 6.86. The van der Waals surface area contributed by atoms with Crippen LogP contribution in [0.15, 0.2) is 0 Å². The zero-order chi connectivity index (χ0) is 33.4. The zero-order valence-corrected chi connectivity index (χ0v) is 27.8. The highest BCUT2D eigenvalue weighted by Gasteiger charge is 2.54. The van der Waals surface area contributed by atoms with E-state index in [4.69, 9.17) is 9.84 Å². The normalized spacial score (nSPS) is 27.1. The van der Waals surface area contributed by atoms with Gasteiger partial charge in [-0.1, -0.05) is 52.9 Å². The van der Waals surface area contributed by atoms with Crippen molar-refractivity contribution in [3.8, 4) is 0 Å². The van der Waals surface area contributed by atoms with Crippen molar-refractivity contribution in [1.29, 1.82) is 0 Å². The van der Waals surface area contributed by atoms with E-state index < -0.39 is 23.3 Å². The average molecular weight is 623 g/mol. The maximum absolute atomic E-state index is 12.3. The van der Waals surface area contributed by atoms with Crippen molar-refractivity contribution in [2.75, 3.05) is 7.11 Å². The molecule has 252 valence electrons. The largest absolute Gasteiger partial charge is 0.481 e. The molecule has 0 spiro atoms. The van der Waals surface area contributed by atoms with Gasteiger partial charge in [0.15, 0.2) is 5.60 Å². The van der Waals surface area contributed by atoms with Gasteiger partial charge in [0.25, 0.3) is 0 Å². The van der Waals surface area contributed by atoms with E-state index in [0.29, 0.717) is 17.8 Å². The number of esters is 2. The van der Waals surface area contributed by atoms with Crippen molar-refractivity contribution >= 4 is 17.9 Å². The second-order valence-corrected chi connectivity index (χ2v) is 14.4. The monoisotopic (exact) mass is 622 g/mol. The Bertz CT molecular complexity index is 905. The maximum atomic E-state index is 12.3. The summed E-state index contributed by atoms with van der Waals surface area (Å²) in [6.45, 7) is 15.2. The first-order valence-corrected chi connectivity index (χ1v) is 15.9. The number of rotatable bonds is 9. The molecule has 2 N–H and O–H groups in total.